The molecular formula is C81H71ClFN3O19S6. The summed E-state index contributed by atoms with van der Waals surface area (Å²) in [4.78, 5) is 33.7. The first-order chi connectivity index (χ1) is 52.7. The molecule has 0 saturated heterocycles. The van der Waals surface area contributed by atoms with Crippen molar-refractivity contribution >= 4 is 144 Å². The normalized spacial score (nSPS) is 11.5. The van der Waals surface area contributed by atoms with E-state index in [4.69, 9.17) is 45.9 Å². The summed E-state index contributed by atoms with van der Waals surface area (Å²) in [5, 5.41) is 62.0. The van der Waals surface area contributed by atoms with Gasteiger partial charge in [-0.3, -0.25) is 28.5 Å². The highest BCUT2D eigenvalue weighted by Gasteiger charge is 2.25. The number of hydrogen-bond acceptors (Lipinski definition) is 19. The number of aromatic hydroxyl groups is 3. The molecule has 0 amide bonds. The number of ether oxygens (including phenoxy) is 4. The Bertz CT molecular complexity index is 5870. The Hall–Kier alpha value is -11.3. The number of phenolic OH excluding ortho intramolecular Hbond substituents is 3. The number of fused-ring (bicyclic) bond motifs is 3. The zero-order valence-electron chi connectivity index (χ0n) is 59.5. The van der Waals surface area contributed by atoms with Crippen LogP contribution in [0.4, 0.5) is 21.5 Å². The number of aliphatic carboxylic acids is 3. The fourth-order valence-corrected chi connectivity index (χ4v) is 16.2. The number of rotatable bonds is 27. The first kappa shape index (κ1) is 82.2. The van der Waals surface area contributed by atoms with Gasteiger partial charge in [-0.1, -0.05) is 141 Å². The van der Waals surface area contributed by atoms with E-state index >= 15 is 0 Å². The van der Waals surface area contributed by atoms with Gasteiger partial charge in [0.2, 0.25) is 0 Å². The number of phenols is 3. The minimum absolute atomic E-state index is 0.00257. The van der Waals surface area contributed by atoms with E-state index in [2.05, 4.69) is 34.9 Å². The van der Waals surface area contributed by atoms with Crippen LogP contribution in [0.25, 0.3) is 32.3 Å². The third-order valence-corrected chi connectivity index (χ3v) is 23.3. The third kappa shape index (κ3) is 22.0. The first-order valence-electron chi connectivity index (χ1n) is 33.3. The van der Waals surface area contributed by atoms with Gasteiger partial charge in [0.05, 0.1) is 63.7 Å². The van der Waals surface area contributed by atoms with Gasteiger partial charge in [-0.25, -0.2) is 29.6 Å². The van der Waals surface area contributed by atoms with Crippen LogP contribution in [0.2, 0.25) is 5.02 Å². The number of nitrogens with one attached hydrogen (secondary N) is 3. The van der Waals surface area contributed by atoms with E-state index in [9.17, 15) is 59.3 Å². The van der Waals surface area contributed by atoms with Gasteiger partial charge >= 0.3 is 17.9 Å². The molecule has 9 N–H and O–H groups in total. The number of benzene rings is 12. The van der Waals surface area contributed by atoms with Crippen molar-refractivity contribution in [3.63, 3.8) is 0 Å². The molecule has 12 rings (SSSR count). The van der Waals surface area contributed by atoms with Crippen molar-refractivity contribution in [3.05, 3.63) is 259 Å². The number of carbonyl (C=O) groups is 3. The predicted octanol–water partition coefficient (Wildman–Crippen LogP) is 19.4. The Kier molecular flexibility index (Phi) is 26.7. The molecule has 0 aromatic heterocycles. The Labute approximate surface area is 656 Å². The maximum Gasteiger partial charge on any atom is 0.313 e. The minimum Gasteiger partial charge on any atom is -0.506 e. The number of anilines is 3. The average molecular weight is 1640 g/mol. The van der Waals surface area contributed by atoms with Crippen molar-refractivity contribution in [1.29, 1.82) is 0 Å². The molecule has 30 heteroatoms. The van der Waals surface area contributed by atoms with Gasteiger partial charge in [-0.15, -0.1) is 35.3 Å². The highest BCUT2D eigenvalue weighted by molar-refractivity contribution is 8.00. The monoisotopic (exact) mass is 1640 g/mol. The van der Waals surface area contributed by atoms with Crippen LogP contribution in [0.15, 0.2) is 272 Å². The van der Waals surface area contributed by atoms with Crippen LogP contribution < -0.4 is 33.1 Å². The van der Waals surface area contributed by atoms with Crippen LogP contribution in [-0.4, -0.2) is 97.7 Å². The standard InChI is InChI=1S/C29H26FNO7S2.C28H27NO6S2.C24H18ClNO6S2/c1-18(2)12-13-37-26-15-20(10-11-24(26)30)38-19-6-5-7-21(14-19)40(35,36)31-25-16-27(39-17-28(32)33)29(34)23-9-4-3-8-22(23)25;1-28(2,3)18-11-13-19(14-12-18)35-20-7-6-8-21(15-20)37(33,34)29-24-16-25(36-17-26(30)31)27(32)23-10-5-4-9-22(23)24;25-15-8-10-16(11-9-15)32-17-4-3-5-18(12-17)34(30,31)26-21-13-22(33-14-23(27)28)24(29)20-7-2-1-6-19(20)21/h3-12,14-16,31,34H,13,17H2,1-2H3,(H,32,33);4-16,29,32H,17H2,1-3H3,(H,30,31);1-13,26,29H,14H2,(H,27,28). The summed E-state index contributed by atoms with van der Waals surface area (Å²) in [6.07, 6.45) is 1.80. The predicted molar refractivity (Wildman–Crippen MR) is 432 cm³/mol. The summed E-state index contributed by atoms with van der Waals surface area (Å²) in [6.45, 7) is 10.3. The number of carboxylic acid groups (broad SMARTS) is 3. The van der Waals surface area contributed by atoms with E-state index in [1.54, 1.807) is 133 Å². The summed E-state index contributed by atoms with van der Waals surface area (Å²) in [5.74, 6) is -2.78. The van der Waals surface area contributed by atoms with E-state index in [1.807, 2.05) is 38.1 Å². The van der Waals surface area contributed by atoms with E-state index < -0.39 is 53.8 Å². The van der Waals surface area contributed by atoms with Crippen LogP contribution in [0, 0.1) is 5.82 Å². The highest BCUT2D eigenvalue weighted by Crippen LogP contribution is 2.45. The highest BCUT2D eigenvalue weighted by atomic mass is 35.5. The first-order valence-corrected chi connectivity index (χ1v) is 41.1. The Morgan fingerprint density at radius 1 is 0.423 bits per heavy atom. The zero-order chi connectivity index (χ0) is 80.0. The number of sulfonamides is 3. The van der Waals surface area contributed by atoms with Crippen LogP contribution in [0.1, 0.15) is 40.2 Å². The lowest BCUT2D eigenvalue weighted by atomic mass is 9.87. The van der Waals surface area contributed by atoms with Crippen LogP contribution in [-0.2, 0) is 49.9 Å². The smallest absolute Gasteiger partial charge is 0.313 e. The van der Waals surface area contributed by atoms with Gasteiger partial charge in [-0.05, 0) is 134 Å². The van der Waals surface area contributed by atoms with Gasteiger partial charge in [0.1, 0.15) is 58.4 Å². The molecule has 0 aliphatic heterocycles. The van der Waals surface area contributed by atoms with Crippen molar-refractivity contribution in [3.8, 4) is 57.5 Å². The molecule has 12 aromatic carbocycles. The maximum atomic E-state index is 14.2. The van der Waals surface area contributed by atoms with Gasteiger partial charge < -0.3 is 49.6 Å². The molecule has 0 fully saturated rings. The van der Waals surface area contributed by atoms with Crippen LogP contribution in [0.5, 0.6) is 57.5 Å². The fraction of sp³-hybridized carbons (Fsp3) is 0.123. The van der Waals surface area contributed by atoms with Crippen molar-refractivity contribution in [1.82, 2.24) is 0 Å². The Morgan fingerprint density at radius 2 is 0.739 bits per heavy atom. The zero-order valence-corrected chi connectivity index (χ0v) is 65.2. The number of allylic oxidation sites excluding steroid dienone is 1. The van der Waals surface area contributed by atoms with Crippen LogP contribution >= 0.6 is 46.9 Å². The third-order valence-electron chi connectivity index (χ3n) is 16.0. The number of halogens is 2. The van der Waals surface area contributed by atoms with E-state index in [0.29, 0.717) is 60.3 Å². The second-order valence-electron chi connectivity index (χ2n) is 25.5. The molecular weight excluding hydrogens is 1570 g/mol. The van der Waals surface area contributed by atoms with E-state index in [0.717, 1.165) is 46.4 Å². The molecule has 22 nitrogen and oxygen atoms in total. The Morgan fingerprint density at radius 3 is 1.07 bits per heavy atom. The van der Waals surface area contributed by atoms with Crippen molar-refractivity contribution in [2.75, 3.05) is 38.0 Å². The van der Waals surface area contributed by atoms with Gasteiger partial charge in [0.25, 0.3) is 30.1 Å². The summed E-state index contributed by atoms with van der Waals surface area (Å²) in [6, 6.07) is 60.6. The summed E-state index contributed by atoms with van der Waals surface area (Å²) in [5.41, 5.74) is 2.79. The van der Waals surface area contributed by atoms with Gasteiger partial charge in [0.15, 0.2) is 11.6 Å². The van der Waals surface area contributed by atoms with Crippen molar-refractivity contribution in [2.45, 2.75) is 69.4 Å². The SMILES string of the molecule is CC(C)(C)c1ccc(Oc2cccc(S(=O)(=O)Nc3cc(SCC(=O)O)c(O)c4ccccc34)c2)cc1.CC(C)=CCOc1cc(Oc2cccc(S(=O)(=O)Nc3cc(SCC(=O)O)c(O)c4ccccc34)c2)ccc1F.O=C(O)CSc1cc(NS(=O)(=O)c2cccc(Oc3ccc(Cl)cc3)c2)c2ccccc2c1O. The van der Waals surface area contributed by atoms with Gasteiger partial charge in [0, 0.05) is 61.6 Å². The molecule has 0 bridgehead atoms. The Balaban J connectivity index is 0.000000177. The number of hydrogen-bond donors (Lipinski definition) is 9. The molecule has 0 saturated carbocycles. The lowest BCUT2D eigenvalue weighted by molar-refractivity contribution is -0.134. The van der Waals surface area contributed by atoms with E-state index in [-0.39, 0.29) is 110 Å². The minimum atomic E-state index is -4.14. The average Bonchev–Trinajstić information content (AvgIpc) is 0.783. The molecule has 0 unspecified atom stereocenters. The lowest BCUT2D eigenvalue weighted by Crippen LogP contribution is -2.13. The molecule has 0 aliphatic rings. The lowest BCUT2D eigenvalue weighted by Gasteiger charge is -2.19. The molecule has 0 atom stereocenters. The van der Waals surface area contributed by atoms with Crippen molar-refractivity contribution < 1.29 is 93.6 Å². The molecule has 0 radical (unpaired) electrons. The molecule has 12 aromatic rings. The van der Waals surface area contributed by atoms with Crippen LogP contribution in [0.3, 0.4) is 0 Å². The maximum absolute atomic E-state index is 14.2. The van der Waals surface area contributed by atoms with Crippen molar-refractivity contribution in [2.24, 2.45) is 0 Å². The second kappa shape index (κ2) is 36.0. The summed E-state index contributed by atoms with van der Waals surface area (Å²) >= 11 is 8.56. The number of carboxylic acids is 3. The second-order valence-corrected chi connectivity index (χ2v) is 34.0. The molecule has 111 heavy (non-hydrogen) atoms. The largest absolute Gasteiger partial charge is 0.506 e. The van der Waals surface area contributed by atoms with E-state index in [1.165, 1.54) is 78.9 Å². The quantitative estimate of drug-likeness (QED) is 0.0131. The number of thioether (sulfide) groups is 3. The molecule has 0 aliphatic carbocycles. The summed E-state index contributed by atoms with van der Waals surface area (Å²) in [7, 11) is -12.2. The molecule has 0 spiro atoms. The van der Waals surface area contributed by atoms with Gasteiger partial charge in [-0.2, -0.15) is 0 Å². The topological polar surface area (TPSA) is 348 Å². The molecule has 574 valence electrons. The summed E-state index contributed by atoms with van der Waals surface area (Å²) < 4.78 is 125. The molecule has 0 heterocycles. The fourth-order valence-electron chi connectivity index (χ4n) is 10.6.